The largest absolute Gasteiger partial charge is 0.744 e. The number of nitrogens with zero attached hydrogens (tertiary/aromatic N) is 2. The molecular formula is C26H29N3O5S2. The molecule has 0 bridgehead atoms. The van der Waals surface area contributed by atoms with Crippen molar-refractivity contribution in [3.8, 4) is 11.6 Å². The molecule has 0 amide bonds. The van der Waals surface area contributed by atoms with Crippen LogP contribution in [0.3, 0.4) is 0 Å². The zero-order valence-electron chi connectivity index (χ0n) is 20.8. The highest BCUT2D eigenvalue weighted by Crippen LogP contribution is 2.29. The molecule has 2 aromatic carbocycles. The predicted octanol–water partition coefficient (Wildman–Crippen LogP) is 3.28. The van der Waals surface area contributed by atoms with E-state index in [0.717, 1.165) is 27.2 Å². The van der Waals surface area contributed by atoms with Crippen molar-refractivity contribution in [2.45, 2.75) is 37.2 Å². The maximum atomic E-state index is 10.8. The number of hydrogen-bond acceptors (Lipinski definition) is 7. The summed E-state index contributed by atoms with van der Waals surface area (Å²) in [6.07, 6.45) is 5.38. The molecule has 36 heavy (non-hydrogen) atoms. The average Bonchev–Trinajstić information content (AvgIpc) is 2.81. The molecular weight excluding hydrogens is 498 g/mol. The van der Waals surface area contributed by atoms with Crippen LogP contribution in [0.5, 0.6) is 11.6 Å². The van der Waals surface area contributed by atoms with Gasteiger partial charge in [0.1, 0.15) is 28.0 Å². The monoisotopic (exact) mass is 527 g/mol. The van der Waals surface area contributed by atoms with Crippen LogP contribution in [-0.4, -0.2) is 36.3 Å². The van der Waals surface area contributed by atoms with E-state index in [1.54, 1.807) is 45.5 Å². The van der Waals surface area contributed by atoms with Crippen molar-refractivity contribution >= 4 is 31.7 Å². The van der Waals surface area contributed by atoms with E-state index in [-0.39, 0.29) is 15.6 Å². The van der Waals surface area contributed by atoms with Crippen LogP contribution in [0.1, 0.15) is 22.3 Å². The second-order valence-corrected chi connectivity index (χ2v) is 11.1. The lowest BCUT2D eigenvalue weighted by atomic mass is 10.1. The lowest BCUT2D eigenvalue weighted by Crippen LogP contribution is -2.33. The minimum Gasteiger partial charge on any atom is -0.744 e. The van der Waals surface area contributed by atoms with E-state index in [1.807, 2.05) is 49.6 Å². The SMILES string of the molecule is COc1nccc2c(OCc3ccc(S(C)=[NH2+])cc3)ccnc12.Cc1cc(C)c(S(=O)(=O)[O-])c(C)c1. The highest BCUT2D eigenvalue weighted by Gasteiger charge is 2.10. The van der Waals surface area contributed by atoms with Crippen LogP contribution in [0.25, 0.3) is 10.9 Å². The molecule has 8 nitrogen and oxygen atoms in total. The summed E-state index contributed by atoms with van der Waals surface area (Å²) in [5.41, 5.74) is 3.79. The third-order valence-electron chi connectivity index (χ3n) is 5.32. The highest BCUT2D eigenvalue weighted by molar-refractivity contribution is 7.85. The molecule has 0 radical (unpaired) electrons. The van der Waals surface area contributed by atoms with Crippen molar-refractivity contribution in [2.75, 3.05) is 13.4 Å². The molecule has 1 atom stereocenters. The molecule has 0 saturated carbocycles. The number of nitrogens with two attached hydrogens (primary N) is 1. The van der Waals surface area contributed by atoms with Crippen LogP contribution < -0.4 is 14.3 Å². The summed E-state index contributed by atoms with van der Waals surface area (Å²) in [5.74, 6) is 1.25. The van der Waals surface area contributed by atoms with Crippen molar-refractivity contribution in [2.24, 2.45) is 0 Å². The number of ether oxygens (including phenoxy) is 2. The Kier molecular flexibility index (Phi) is 8.78. The molecule has 4 aromatic rings. The lowest BCUT2D eigenvalue weighted by Gasteiger charge is -2.14. The maximum absolute atomic E-state index is 10.8. The van der Waals surface area contributed by atoms with E-state index in [9.17, 15) is 13.0 Å². The van der Waals surface area contributed by atoms with Gasteiger partial charge in [-0.25, -0.2) is 18.2 Å². The number of fused-ring (bicyclic) bond motifs is 1. The number of pyridine rings is 2. The molecule has 4 rings (SSSR count). The van der Waals surface area contributed by atoms with Gasteiger partial charge < -0.3 is 14.0 Å². The van der Waals surface area contributed by atoms with Crippen LogP contribution in [-0.2, 0) is 27.4 Å². The maximum Gasteiger partial charge on any atom is 0.240 e. The molecule has 0 fully saturated rings. The first-order chi connectivity index (χ1) is 17.0. The fourth-order valence-electron chi connectivity index (χ4n) is 3.83. The number of hydrogen-bond donors (Lipinski definition) is 1. The lowest BCUT2D eigenvalue weighted by molar-refractivity contribution is -0.0750. The molecule has 0 aliphatic rings. The van der Waals surface area contributed by atoms with Crippen molar-refractivity contribution in [3.63, 3.8) is 0 Å². The first-order valence-electron chi connectivity index (χ1n) is 10.9. The summed E-state index contributed by atoms with van der Waals surface area (Å²) in [6.45, 7) is 5.60. The van der Waals surface area contributed by atoms with E-state index in [1.165, 1.54) is 0 Å². The Labute approximate surface area is 214 Å². The minimum absolute atomic E-state index is 0.0851. The molecule has 1 unspecified atom stereocenters. The van der Waals surface area contributed by atoms with Gasteiger partial charge in [0.25, 0.3) is 0 Å². The molecule has 190 valence electrons. The van der Waals surface area contributed by atoms with Gasteiger partial charge in [0.15, 0.2) is 0 Å². The van der Waals surface area contributed by atoms with E-state index in [4.69, 9.17) is 14.3 Å². The third-order valence-corrected chi connectivity index (χ3v) is 7.48. The Morgan fingerprint density at radius 3 is 2.14 bits per heavy atom. The molecule has 2 aromatic heterocycles. The Hall–Kier alpha value is -3.34. The second kappa shape index (κ2) is 11.6. The van der Waals surface area contributed by atoms with Gasteiger partial charge in [-0.2, -0.15) is 0 Å². The Bertz CT molecular complexity index is 1480. The molecule has 10 heteroatoms. The van der Waals surface area contributed by atoms with E-state index in [2.05, 4.69) is 9.97 Å². The molecule has 0 aliphatic carbocycles. The van der Waals surface area contributed by atoms with Crippen LogP contribution in [0.4, 0.5) is 0 Å². The average molecular weight is 528 g/mol. The van der Waals surface area contributed by atoms with Crippen molar-refractivity contribution < 1.29 is 27.2 Å². The summed E-state index contributed by atoms with van der Waals surface area (Å²) < 4.78 is 49.6. The smallest absolute Gasteiger partial charge is 0.240 e. The fourth-order valence-corrected chi connectivity index (χ4v) is 5.30. The van der Waals surface area contributed by atoms with Gasteiger partial charge in [0.2, 0.25) is 5.88 Å². The molecule has 2 heterocycles. The molecule has 0 saturated heterocycles. The summed E-state index contributed by atoms with van der Waals surface area (Å²) in [6, 6.07) is 15.3. The summed E-state index contributed by atoms with van der Waals surface area (Å²) in [7, 11) is -2.97. The van der Waals surface area contributed by atoms with E-state index >= 15 is 0 Å². The number of methoxy groups -OCH3 is 1. The quantitative estimate of drug-likeness (QED) is 0.381. The molecule has 2 N–H and O–H groups in total. The number of benzene rings is 2. The van der Waals surface area contributed by atoms with Crippen molar-refractivity contribution in [3.05, 3.63) is 83.2 Å². The van der Waals surface area contributed by atoms with Crippen LogP contribution in [0, 0.1) is 20.8 Å². The zero-order chi connectivity index (χ0) is 26.5. The summed E-state index contributed by atoms with van der Waals surface area (Å²) in [4.78, 5) is 9.53. The van der Waals surface area contributed by atoms with E-state index in [0.29, 0.717) is 29.1 Å². The Balaban J connectivity index is 0.000000236. The van der Waals surface area contributed by atoms with Gasteiger partial charge in [-0.05, 0) is 61.7 Å². The zero-order valence-corrected chi connectivity index (χ0v) is 22.4. The standard InChI is InChI=1S/C17H17N3O2S.C9H12O3S/c1-21-17-16-14(7-9-20-17)15(8-10-19-16)22-11-12-3-5-13(6-4-12)23(2)18;1-6-4-7(2)9(8(3)5-6)13(10,11)12/h3-10,18H,11H2,1-2H3;4-5H,1-3H3,(H,10,11,12). The van der Waals surface area contributed by atoms with Gasteiger partial charge in [-0.15, -0.1) is 0 Å². The number of aryl methyl sites for hydroxylation is 3. The van der Waals surface area contributed by atoms with Gasteiger partial charge in [-0.1, -0.05) is 29.8 Å². The predicted molar refractivity (Wildman–Crippen MR) is 139 cm³/mol. The van der Waals surface area contributed by atoms with Crippen molar-refractivity contribution in [1.29, 1.82) is 0 Å². The van der Waals surface area contributed by atoms with Gasteiger partial charge >= 0.3 is 0 Å². The number of rotatable bonds is 6. The molecule has 0 aliphatic heterocycles. The minimum atomic E-state index is -4.33. The third kappa shape index (κ3) is 6.66. The summed E-state index contributed by atoms with van der Waals surface area (Å²) >= 11 is 0. The fraction of sp³-hybridized carbons (Fsp3) is 0.231. The van der Waals surface area contributed by atoms with Crippen LogP contribution in [0.2, 0.25) is 0 Å². The van der Waals surface area contributed by atoms with E-state index < -0.39 is 10.1 Å². The highest BCUT2D eigenvalue weighted by atomic mass is 32.2. The Morgan fingerprint density at radius 1 is 0.972 bits per heavy atom. The summed E-state index contributed by atoms with van der Waals surface area (Å²) in [5, 5.41) is 0.882. The molecule has 0 spiro atoms. The van der Waals surface area contributed by atoms with Gasteiger partial charge in [0.05, 0.1) is 27.6 Å². The van der Waals surface area contributed by atoms with Crippen LogP contribution in [0.15, 0.2) is 70.7 Å². The van der Waals surface area contributed by atoms with Crippen LogP contribution >= 0.6 is 0 Å². The van der Waals surface area contributed by atoms with Gasteiger partial charge in [-0.3, -0.25) is 4.98 Å². The second-order valence-electron chi connectivity index (χ2n) is 8.20. The van der Waals surface area contributed by atoms with Crippen molar-refractivity contribution in [1.82, 2.24) is 9.97 Å². The first-order valence-corrected chi connectivity index (χ1v) is 14.0. The first kappa shape index (κ1) is 27.3. The topological polar surface area (TPSA) is 127 Å². The number of aromatic nitrogens is 2. The van der Waals surface area contributed by atoms with Gasteiger partial charge in [0, 0.05) is 24.0 Å². The normalized spacial score (nSPS) is 11.9. The Morgan fingerprint density at radius 2 is 1.58 bits per heavy atom.